The quantitative estimate of drug-likeness (QED) is 0.665. The molecule has 0 spiro atoms. The average Bonchev–Trinajstić information content (AvgIpc) is 3.27. The predicted molar refractivity (Wildman–Crippen MR) is 109 cm³/mol. The molecule has 0 saturated heterocycles. The Bertz CT molecular complexity index is 1010. The maximum atomic E-state index is 12.5. The van der Waals surface area contributed by atoms with E-state index < -0.39 is 18.1 Å². The molecule has 1 heterocycles. The van der Waals surface area contributed by atoms with E-state index in [4.69, 9.17) is 4.74 Å². The number of carboxylic acid groups (broad SMARTS) is 1. The molecule has 2 aromatic carbocycles. The van der Waals surface area contributed by atoms with E-state index in [1.807, 2.05) is 43.6 Å². The van der Waals surface area contributed by atoms with Crippen LogP contribution in [0.5, 0.6) is 0 Å². The van der Waals surface area contributed by atoms with Crippen molar-refractivity contribution in [2.45, 2.75) is 18.4 Å². The van der Waals surface area contributed by atoms with Crippen LogP contribution in [0.2, 0.25) is 0 Å². The number of aryl methyl sites for hydroxylation is 1. The molecule has 3 aromatic rings. The molecule has 4 rings (SSSR count). The second-order valence-corrected chi connectivity index (χ2v) is 7.16. The molecule has 1 aromatic heterocycles. The first-order chi connectivity index (χ1) is 14.0. The number of aromatic nitrogens is 1. The molecule has 1 aliphatic rings. The second kappa shape index (κ2) is 7.83. The second-order valence-electron chi connectivity index (χ2n) is 7.16. The third-order valence-electron chi connectivity index (χ3n) is 5.36. The van der Waals surface area contributed by atoms with Crippen molar-refractivity contribution in [3.05, 3.63) is 83.7 Å². The zero-order valence-electron chi connectivity index (χ0n) is 16.0. The molecule has 148 valence electrons. The molecule has 1 aliphatic carbocycles. The molecule has 6 heteroatoms. The fourth-order valence-electron chi connectivity index (χ4n) is 4.02. The van der Waals surface area contributed by atoms with Crippen molar-refractivity contribution >= 4 is 12.1 Å². The summed E-state index contributed by atoms with van der Waals surface area (Å²) in [4.78, 5) is 23.7. The van der Waals surface area contributed by atoms with Crippen LogP contribution in [-0.4, -0.2) is 28.3 Å². The van der Waals surface area contributed by atoms with E-state index in [1.165, 1.54) is 0 Å². The molecule has 1 amide bonds. The number of amides is 1. The molecule has 0 saturated carbocycles. The van der Waals surface area contributed by atoms with Gasteiger partial charge in [-0.1, -0.05) is 48.5 Å². The SMILES string of the molecule is Cn1cccc1[C@H](CC(=O)O)NC(=O)OCC1c2ccccc2-c2ccccc21. The van der Waals surface area contributed by atoms with Crippen LogP contribution in [0, 0.1) is 0 Å². The van der Waals surface area contributed by atoms with Gasteiger partial charge in [0.05, 0.1) is 12.5 Å². The lowest BCUT2D eigenvalue weighted by Crippen LogP contribution is -2.32. The minimum absolute atomic E-state index is 0.0406. The van der Waals surface area contributed by atoms with Crippen molar-refractivity contribution in [2.75, 3.05) is 6.61 Å². The van der Waals surface area contributed by atoms with Gasteiger partial charge in [0, 0.05) is 24.9 Å². The fraction of sp³-hybridized carbons (Fsp3) is 0.217. The highest BCUT2D eigenvalue weighted by molar-refractivity contribution is 5.79. The summed E-state index contributed by atoms with van der Waals surface area (Å²) in [7, 11) is 1.81. The van der Waals surface area contributed by atoms with E-state index in [1.54, 1.807) is 10.6 Å². The fourth-order valence-corrected chi connectivity index (χ4v) is 4.02. The monoisotopic (exact) mass is 390 g/mol. The standard InChI is InChI=1S/C23H22N2O4/c1-25-12-6-11-21(25)20(13-22(26)27)24-23(28)29-14-19-17-9-4-2-7-15(17)16-8-3-5-10-18(16)19/h2-12,19-20H,13-14H2,1H3,(H,24,28)(H,26,27)/t20-/m0/s1. The van der Waals surface area contributed by atoms with Crippen LogP contribution in [0.15, 0.2) is 66.9 Å². The van der Waals surface area contributed by atoms with Crippen molar-refractivity contribution in [3.63, 3.8) is 0 Å². The van der Waals surface area contributed by atoms with Crippen molar-refractivity contribution in [2.24, 2.45) is 7.05 Å². The van der Waals surface area contributed by atoms with Gasteiger partial charge >= 0.3 is 12.1 Å². The van der Waals surface area contributed by atoms with Gasteiger partial charge in [0.1, 0.15) is 6.61 Å². The molecule has 29 heavy (non-hydrogen) atoms. The Kier molecular flexibility index (Phi) is 5.08. The first kappa shape index (κ1) is 18.8. The van der Waals surface area contributed by atoms with Gasteiger partial charge in [0.2, 0.25) is 0 Å². The first-order valence-corrected chi connectivity index (χ1v) is 9.49. The van der Waals surface area contributed by atoms with Gasteiger partial charge < -0.3 is 19.7 Å². The Balaban J connectivity index is 1.48. The Labute approximate surface area is 168 Å². The topological polar surface area (TPSA) is 80.6 Å². The van der Waals surface area contributed by atoms with Crippen LogP contribution in [0.3, 0.4) is 0 Å². The molecule has 0 fully saturated rings. The summed E-state index contributed by atoms with van der Waals surface area (Å²) < 4.78 is 7.33. The summed E-state index contributed by atoms with van der Waals surface area (Å²) >= 11 is 0. The van der Waals surface area contributed by atoms with E-state index in [9.17, 15) is 14.7 Å². The van der Waals surface area contributed by atoms with Gasteiger partial charge in [-0.15, -0.1) is 0 Å². The molecule has 2 N–H and O–H groups in total. The number of carbonyl (C=O) groups is 2. The highest BCUT2D eigenvalue weighted by atomic mass is 16.5. The summed E-state index contributed by atoms with van der Waals surface area (Å²) in [5, 5.41) is 11.9. The Morgan fingerprint density at radius 3 is 2.21 bits per heavy atom. The highest BCUT2D eigenvalue weighted by Gasteiger charge is 2.29. The largest absolute Gasteiger partial charge is 0.481 e. The smallest absolute Gasteiger partial charge is 0.407 e. The van der Waals surface area contributed by atoms with Crippen LogP contribution in [0.1, 0.15) is 35.2 Å². The van der Waals surface area contributed by atoms with E-state index >= 15 is 0 Å². The number of hydrogen-bond donors (Lipinski definition) is 2. The number of nitrogens with zero attached hydrogens (tertiary/aromatic N) is 1. The van der Waals surface area contributed by atoms with Crippen LogP contribution in [0.4, 0.5) is 4.79 Å². The highest BCUT2D eigenvalue weighted by Crippen LogP contribution is 2.44. The van der Waals surface area contributed by atoms with Crippen molar-refractivity contribution < 1.29 is 19.4 Å². The van der Waals surface area contributed by atoms with Gasteiger partial charge in [-0.25, -0.2) is 4.79 Å². The maximum absolute atomic E-state index is 12.5. The van der Waals surface area contributed by atoms with Crippen LogP contribution in [-0.2, 0) is 16.6 Å². The van der Waals surface area contributed by atoms with Gasteiger partial charge in [-0.05, 0) is 34.4 Å². The molecule has 6 nitrogen and oxygen atoms in total. The molecule has 0 radical (unpaired) electrons. The zero-order chi connectivity index (χ0) is 20.4. The summed E-state index contributed by atoms with van der Waals surface area (Å²) in [5.41, 5.74) is 5.28. The summed E-state index contributed by atoms with van der Waals surface area (Å²) in [6.45, 7) is 0.187. The van der Waals surface area contributed by atoms with E-state index in [0.29, 0.717) is 5.69 Å². The normalized spacial score (nSPS) is 13.4. The lowest BCUT2D eigenvalue weighted by Gasteiger charge is -2.19. The van der Waals surface area contributed by atoms with Gasteiger partial charge in [-0.3, -0.25) is 4.79 Å². The minimum atomic E-state index is -0.991. The molecule has 0 unspecified atom stereocenters. The Hall–Kier alpha value is -3.54. The zero-order valence-corrected chi connectivity index (χ0v) is 16.0. The predicted octanol–water partition coefficient (Wildman–Crippen LogP) is 4.08. The molecular weight excluding hydrogens is 368 g/mol. The summed E-state index contributed by atoms with van der Waals surface area (Å²) in [6, 6.07) is 19.2. The number of rotatable bonds is 6. The van der Waals surface area contributed by atoms with Crippen LogP contribution in [0.25, 0.3) is 11.1 Å². The van der Waals surface area contributed by atoms with Crippen molar-refractivity contribution in [3.8, 4) is 11.1 Å². The number of aliphatic carboxylic acids is 1. The van der Waals surface area contributed by atoms with Gasteiger partial charge in [-0.2, -0.15) is 0 Å². The van der Waals surface area contributed by atoms with E-state index in [-0.39, 0.29) is 18.9 Å². The number of fused-ring (bicyclic) bond motifs is 3. The Morgan fingerprint density at radius 2 is 1.66 bits per heavy atom. The number of ether oxygens (including phenoxy) is 1. The third-order valence-corrected chi connectivity index (χ3v) is 5.36. The maximum Gasteiger partial charge on any atom is 0.407 e. The van der Waals surface area contributed by atoms with Crippen molar-refractivity contribution in [1.82, 2.24) is 9.88 Å². The molecule has 1 atom stereocenters. The molecular formula is C23H22N2O4. The summed E-state index contributed by atoms with van der Waals surface area (Å²) in [5.74, 6) is -1.03. The van der Waals surface area contributed by atoms with Gasteiger partial charge in [0.25, 0.3) is 0 Å². The van der Waals surface area contributed by atoms with E-state index in [0.717, 1.165) is 22.3 Å². The lowest BCUT2D eigenvalue weighted by atomic mass is 9.98. The van der Waals surface area contributed by atoms with Crippen LogP contribution >= 0.6 is 0 Å². The lowest BCUT2D eigenvalue weighted by molar-refractivity contribution is -0.137. The average molecular weight is 390 g/mol. The van der Waals surface area contributed by atoms with Crippen LogP contribution < -0.4 is 5.32 Å². The van der Waals surface area contributed by atoms with E-state index in [2.05, 4.69) is 29.6 Å². The van der Waals surface area contributed by atoms with Crippen molar-refractivity contribution in [1.29, 1.82) is 0 Å². The number of carbonyl (C=O) groups excluding carboxylic acids is 1. The number of benzene rings is 2. The molecule has 0 bridgehead atoms. The number of hydrogen-bond acceptors (Lipinski definition) is 3. The number of nitrogens with one attached hydrogen (secondary N) is 1. The summed E-state index contributed by atoms with van der Waals surface area (Å²) in [6.07, 6.45) is 0.963. The number of carboxylic acids is 1. The Morgan fingerprint density at radius 1 is 1.03 bits per heavy atom. The van der Waals surface area contributed by atoms with Gasteiger partial charge in [0.15, 0.2) is 0 Å². The minimum Gasteiger partial charge on any atom is -0.481 e. The first-order valence-electron chi connectivity index (χ1n) is 9.49. The third kappa shape index (κ3) is 3.74. The number of alkyl carbamates (subject to hydrolysis) is 1. The molecule has 0 aliphatic heterocycles.